The van der Waals surface area contributed by atoms with Gasteiger partial charge >= 0.3 is 5.97 Å². The van der Waals surface area contributed by atoms with E-state index >= 15 is 0 Å². The third-order valence-electron chi connectivity index (χ3n) is 3.17. The molecule has 2 heterocycles. The van der Waals surface area contributed by atoms with Crippen molar-refractivity contribution in [3.8, 4) is 17.0 Å². The summed E-state index contributed by atoms with van der Waals surface area (Å²) in [4.78, 5) is 17.3. The second kappa shape index (κ2) is 5.21. The largest absolute Gasteiger partial charge is 0.496 e. The van der Waals surface area contributed by atoms with Crippen molar-refractivity contribution in [3.05, 3.63) is 41.0 Å². The van der Waals surface area contributed by atoms with Gasteiger partial charge in [-0.15, -0.1) is 0 Å². The minimum absolute atomic E-state index is 0.347. The summed E-state index contributed by atoms with van der Waals surface area (Å²) in [5.41, 5.74) is 2.89. The van der Waals surface area contributed by atoms with Crippen molar-refractivity contribution in [2.75, 3.05) is 14.2 Å². The van der Waals surface area contributed by atoms with Gasteiger partial charge in [0.1, 0.15) is 10.6 Å². The monoisotopic (exact) mass is 302 g/mol. The molecule has 0 unspecified atom stereocenters. The van der Waals surface area contributed by atoms with Crippen LogP contribution in [0.15, 0.2) is 30.6 Å². The number of imidazole rings is 1. The Labute approximate surface area is 125 Å². The number of fused-ring (bicyclic) bond motifs is 1. The minimum Gasteiger partial charge on any atom is -0.496 e. The Morgan fingerprint density at radius 1 is 1.29 bits per heavy atom. The van der Waals surface area contributed by atoms with E-state index in [1.165, 1.54) is 18.4 Å². The number of hydrogen-bond acceptors (Lipinski definition) is 5. The summed E-state index contributed by atoms with van der Waals surface area (Å²) < 4.78 is 11.9. The summed E-state index contributed by atoms with van der Waals surface area (Å²) in [6.07, 6.45) is 3.61. The van der Waals surface area contributed by atoms with Crippen molar-refractivity contribution >= 4 is 22.3 Å². The summed E-state index contributed by atoms with van der Waals surface area (Å²) in [7, 11) is 3.01. The number of ether oxygens (including phenoxy) is 2. The SMILES string of the molecule is COC(=O)c1cn2cc(-c3cc(C)ccc3OC)nc2s1. The lowest BCUT2D eigenvalue weighted by Crippen LogP contribution is -1.97. The Hall–Kier alpha value is -2.34. The number of methoxy groups -OCH3 is 2. The van der Waals surface area contributed by atoms with E-state index in [0.717, 1.165) is 27.5 Å². The molecule has 0 amide bonds. The Morgan fingerprint density at radius 2 is 2.10 bits per heavy atom. The van der Waals surface area contributed by atoms with Crippen LogP contribution in [0.2, 0.25) is 0 Å². The number of benzene rings is 1. The molecule has 0 aliphatic heterocycles. The summed E-state index contributed by atoms with van der Waals surface area (Å²) in [5, 5.41) is 0. The van der Waals surface area contributed by atoms with Crippen LogP contribution in [0.5, 0.6) is 5.75 Å². The van der Waals surface area contributed by atoms with Gasteiger partial charge in [0.2, 0.25) is 0 Å². The maximum Gasteiger partial charge on any atom is 0.349 e. The smallest absolute Gasteiger partial charge is 0.349 e. The van der Waals surface area contributed by atoms with Crippen molar-refractivity contribution in [2.24, 2.45) is 0 Å². The van der Waals surface area contributed by atoms with Crippen LogP contribution in [-0.4, -0.2) is 29.6 Å². The number of aryl methyl sites for hydroxylation is 1. The molecule has 3 aromatic rings. The second-order valence-electron chi connectivity index (χ2n) is 4.61. The first kappa shape index (κ1) is 13.6. The van der Waals surface area contributed by atoms with Crippen LogP contribution in [0.4, 0.5) is 0 Å². The molecule has 0 spiro atoms. The van der Waals surface area contributed by atoms with Gasteiger partial charge in [-0.3, -0.25) is 4.40 Å². The van der Waals surface area contributed by atoms with Gasteiger partial charge in [0.25, 0.3) is 0 Å². The van der Waals surface area contributed by atoms with Crippen LogP contribution in [0.1, 0.15) is 15.2 Å². The number of carbonyl (C=O) groups excluding carboxylic acids is 1. The zero-order valence-corrected chi connectivity index (χ0v) is 12.7. The third-order valence-corrected chi connectivity index (χ3v) is 4.15. The highest BCUT2D eigenvalue weighted by Gasteiger charge is 2.15. The van der Waals surface area contributed by atoms with Crippen LogP contribution in [0.3, 0.4) is 0 Å². The van der Waals surface area contributed by atoms with Crippen LogP contribution >= 0.6 is 11.3 Å². The first-order valence-corrected chi connectivity index (χ1v) is 7.16. The van der Waals surface area contributed by atoms with Crippen LogP contribution in [-0.2, 0) is 4.74 Å². The van der Waals surface area contributed by atoms with E-state index < -0.39 is 0 Å². The lowest BCUT2D eigenvalue weighted by molar-refractivity contribution is 0.0606. The third kappa shape index (κ3) is 2.38. The van der Waals surface area contributed by atoms with Crippen LogP contribution in [0, 0.1) is 6.92 Å². The quantitative estimate of drug-likeness (QED) is 0.697. The Bertz CT molecular complexity index is 788. The normalized spacial score (nSPS) is 10.8. The average molecular weight is 302 g/mol. The van der Waals surface area contributed by atoms with Crippen LogP contribution in [0.25, 0.3) is 16.2 Å². The molecule has 1 aromatic carbocycles. The number of aromatic nitrogens is 2. The Morgan fingerprint density at radius 3 is 2.76 bits per heavy atom. The molecule has 0 saturated carbocycles. The molecule has 108 valence electrons. The molecule has 3 rings (SSSR count). The van der Waals surface area contributed by atoms with Crippen molar-refractivity contribution in [2.45, 2.75) is 6.92 Å². The molecule has 0 aliphatic rings. The Balaban J connectivity index is 2.08. The predicted octanol–water partition coefficient (Wildman–Crippen LogP) is 3.17. The summed E-state index contributed by atoms with van der Waals surface area (Å²) in [6.45, 7) is 2.02. The van der Waals surface area contributed by atoms with E-state index in [4.69, 9.17) is 9.47 Å². The van der Waals surface area contributed by atoms with Gasteiger partial charge in [0.15, 0.2) is 4.96 Å². The van der Waals surface area contributed by atoms with E-state index in [1.807, 2.05) is 35.7 Å². The van der Waals surface area contributed by atoms with Gasteiger partial charge in [-0.05, 0) is 19.1 Å². The van der Waals surface area contributed by atoms with Gasteiger partial charge < -0.3 is 9.47 Å². The summed E-state index contributed by atoms with van der Waals surface area (Å²) >= 11 is 1.30. The van der Waals surface area contributed by atoms with Gasteiger partial charge in [0, 0.05) is 18.0 Å². The maximum atomic E-state index is 11.5. The fraction of sp³-hybridized carbons (Fsp3) is 0.200. The molecule has 2 aromatic heterocycles. The number of esters is 1. The second-order valence-corrected chi connectivity index (χ2v) is 5.62. The van der Waals surface area contributed by atoms with Crippen LogP contribution < -0.4 is 4.74 Å². The number of nitrogens with zero attached hydrogens (tertiary/aromatic N) is 2. The molecular formula is C15H14N2O3S. The summed E-state index contributed by atoms with van der Waals surface area (Å²) in [6, 6.07) is 5.96. The topological polar surface area (TPSA) is 52.8 Å². The average Bonchev–Trinajstić information content (AvgIpc) is 3.04. The molecule has 5 nitrogen and oxygen atoms in total. The fourth-order valence-corrected chi connectivity index (χ4v) is 3.03. The molecule has 0 N–H and O–H groups in total. The van der Waals surface area contributed by atoms with E-state index in [1.54, 1.807) is 13.3 Å². The van der Waals surface area contributed by atoms with Gasteiger partial charge in [-0.1, -0.05) is 23.0 Å². The number of carbonyl (C=O) groups is 1. The molecule has 0 fully saturated rings. The zero-order chi connectivity index (χ0) is 15.0. The first-order chi connectivity index (χ1) is 10.1. The zero-order valence-electron chi connectivity index (χ0n) is 11.9. The number of rotatable bonds is 3. The van der Waals surface area contributed by atoms with Crippen molar-refractivity contribution in [3.63, 3.8) is 0 Å². The molecule has 0 saturated heterocycles. The molecule has 21 heavy (non-hydrogen) atoms. The van der Waals surface area contributed by atoms with Crippen molar-refractivity contribution < 1.29 is 14.3 Å². The van der Waals surface area contributed by atoms with Gasteiger partial charge in [-0.25, -0.2) is 9.78 Å². The molecule has 6 heteroatoms. The van der Waals surface area contributed by atoms with E-state index in [9.17, 15) is 4.79 Å². The lowest BCUT2D eigenvalue weighted by atomic mass is 10.1. The van der Waals surface area contributed by atoms with Crippen molar-refractivity contribution in [1.29, 1.82) is 0 Å². The highest BCUT2D eigenvalue weighted by molar-refractivity contribution is 7.18. The Kier molecular flexibility index (Phi) is 3.39. The van der Waals surface area contributed by atoms with E-state index in [-0.39, 0.29) is 5.97 Å². The molecule has 0 radical (unpaired) electrons. The fourth-order valence-electron chi connectivity index (χ4n) is 2.14. The predicted molar refractivity (Wildman–Crippen MR) is 81.1 cm³/mol. The lowest BCUT2D eigenvalue weighted by Gasteiger charge is -2.06. The number of thiazole rings is 1. The summed E-state index contributed by atoms with van der Waals surface area (Å²) in [5.74, 6) is 0.430. The van der Waals surface area contributed by atoms with E-state index in [0.29, 0.717) is 4.88 Å². The highest BCUT2D eigenvalue weighted by Crippen LogP contribution is 2.31. The van der Waals surface area contributed by atoms with E-state index in [2.05, 4.69) is 4.98 Å². The molecular weight excluding hydrogens is 288 g/mol. The minimum atomic E-state index is -0.347. The van der Waals surface area contributed by atoms with Gasteiger partial charge in [-0.2, -0.15) is 0 Å². The first-order valence-electron chi connectivity index (χ1n) is 6.34. The molecule has 0 bridgehead atoms. The van der Waals surface area contributed by atoms with Crippen molar-refractivity contribution in [1.82, 2.24) is 9.38 Å². The highest BCUT2D eigenvalue weighted by atomic mass is 32.1. The molecule has 0 atom stereocenters. The standard InChI is InChI=1S/C15H14N2O3S/c1-9-4-5-12(19-2)10(6-9)11-7-17-8-13(14(18)20-3)21-15(17)16-11/h4-8H,1-3H3. The number of hydrogen-bond donors (Lipinski definition) is 0. The van der Waals surface area contributed by atoms with Gasteiger partial charge in [0.05, 0.1) is 19.9 Å². The maximum absolute atomic E-state index is 11.5. The molecule has 0 aliphatic carbocycles.